The molecule has 3 aromatic carbocycles. The number of ether oxygens (including phenoxy) is 3. The highest BCUT2D eigenvalue weighted by molar-refractivity contribution is 7.92. The summed E-state index contributed by atoms with van der Waals surface area (Å²) in [5.41, 5.74) is 2.48. The van der Waals surface area contributed by atoms with Gasteiger partial charge in [-0.2, -0.15) is 0 Å². The minimum Gasteiger partial charge on any atom is -0.493 e. The predicted molar refractivity (Wildman–Crippen MR) is 137 cm³/mol. The molecule has 0 amide bonds. The van der Waals surface area contributed by atoms with E-state index >= 15 is 0 Å². The van der Waals surface area contributed by atoms with Crippen LogP contribution in [0.4, 0.5) is 17.3 Å². The van der Waals surface area contributed by atoms with Crippen LogP contribution < -0.4 is 19.5 Å². The van der Waals surface area contributed by atoms with Crippen molar-refractivity contribution in [2.75, 3.05) is 24.3 Å². The first-order chi connectivity index (χ1) is 17.2. The number of carbonyl (C=O) groups is 1. The van der Waals surface area contributed by atoms with Crippen molar-refractivity contribution in [2.45, 2.75) is 24.8 Å². The van der Waals surface area contributed by atoms with Gasteiger partial charge in [-0.1, -0.05) is 0 Å². The average molecular weight is 511 g/mol. The van der Waals surface area contributed by atoms with Gasteiger partial charge < -0.3 is 24.5 Å². The van der Waals surface area contributed by atoms with Gasteiger partial charge in [-0.15, -0.1) is 0 Å². The molecule has 0 aliphatic rings. The number of H-pyrrole nitrogens is 1. The molecule has 0 fully saturated rings. The number of sulfonamides is 1. The van der Waals surface area contributed by atoms with E-state index in [-0.39, 0.29) is 11.0 Å². The van der Waals surface area contributed by atoms with E-state index in [2.05, 4.69) is 20.0 Å². The number of methoxy groups -OCH3 is 2. The van der Waals surface area contributed by atoms with Crippen molar-refractivity contribution in [1.82, 2.24) is 9.97 Å². The SMILES string of the molecule is COc1ccc(Nc2nc3cc(S(=O)(=O)Nc4ccc(C(=O)OC(C)C)cc4)ccc3[nH]2)cc1OC. The number of hydrogen-bond acceptors (Lipinski definition) is 8. The molecule has 11 heteroatoms. The summed E-state index contributed by atoms with van der Waals surface area (Å²) in [6.45, 7) is 3.51. The van der Waals surface area contributed by atoms with Crippen LogP contribution in [0, 0.1) is 0 Å². The van der Waals surface area contributed by atoms with Crippen LogP contribution in [0.15, 0.2) is 65.6 Å². The molecule has 1 aromatic heterocycles. The number of esters is 1. The zero-order valence-corrected chi connectivity index (χ0v) is 21.0. The lowest BCUT2D eigenvalue weighted by Gasteiger charge is -2.10. The first kappa shape index (κ1) is 24.9. The van der Waals surface area contributed by atoms with Crippen LogP contribution in [0.1, 0.15) is 24.2 Å². The number of benzene rings is 3. The summed E-state index contributed by atoms with van der Waals surface area (Å²) in [5.74, 6) is 1.12. The molecule has 0 atom stereocenters. The van der Waals surface area contributed by atoms with Gasteiger partial charge in [0.25, 0.3) is 10.0 Å². The van der Waals surface area contributed by atoms with Crippen LogP contribution in [-0.2, 0) is 14.8 Å². The third-order valence-corrected chi connectivity index (χ3v) is 6.51. The Morgan fingerprint density at radius 3 is 2.28 bits per heavy atom. The highest BCUT2D eigenvalue weighted by Crippen LogP contribution is 2.31. The van der Waals surface area contributed by atoms with Crippen LogP contribution in [0.2, 0.25) is 0 Å². The Morgan fingerprint density at radius 2 is 1.61 bits per heavy atom. The molecule has 0 saturated carbocycles. The molecule has 188 valence electrons. The number of nitrogens with one attached hydrogen (secondary N) is 3. The van der Waals surface area contributed by atoms with Crippen molar-refractivity contribution in [3.63, 3.8) is 0 Å². The topological polar surface area (TPSA) is 132 Å². The number of imidazole rings is 1. The van der Waals surface area contributed by atoms with Gasteiger partial charge in [0, 0.05) is 17.4 Å². The molecule has 4 aromatic rings. The molecular formula is C25H26N4O6S. The number of rotatable bonds is 9. The molecule has 0 spiro atoms. The van der Waals surface area contributed by atoms with E-state index < -0.39 is 16.0 Å². The van der Waals surface area contributed by atoms with Crippen molar-refractivity contribution in [2.24, 2.45) is 0 Å². The maximum atomic E-state index is 13.0. The van der Waals surface area contributed by atoms with Gasteiger partial charge in [0.1, 0.15) is 0 Å². The normalized spacial score (nSPS) is 11.4. The van der Waals surface area contributed by atoms with Crippen LogP contribution in [0.5, 0.6) is 11.5 Å². The summed E-state index contributed by atoms with van der Waals surface area (Å²) in [6, 6.07) is 16.0. The molecule has 0 aliphatic heterocycles. The second kappa shape index (κ2) is 10.2. The molecule has 4 rings (SSSR count). The quantitative estimate of drug-likeness (QED) is 0.276. The molecule has 0 unspecified atom stereocenters. The van der Waals surface area contributed by atoms with E-state index in [1.165, 1.54) is 36.4 Å². The second-order valence-electron chi connectivity index (χ2n) is 8.10. The summed E-state index contributed by atoms with van der Waals surface area (Å²) >= 11 is 0. The largest absolute Gasteiger partial charge is 0.493 e. The van der Waals surface area contributed by atoms with Gasteiger partial charge >= 0.3 is 5.97 Å². The average Bonchev–Trinajstić information content (AvgIpc) is 3.25. The monoisotopic (exact) mass is 510 g/mol. The standard InChI is InChI=1S/C25H26N4O6S/c1-15(2)35-24(30)16-5-7-17(8-6-16)29-36(31,32)19-10-11-20-21(14-19)28-25(27-20)26-18-9-12-22(33-3)23(13-18)34-4/h5-15,29H,1-4H3,(H2,26,27,28). The number of aromatic amines is 1. The molecule has 36 heavy (non-hydrogen) atoms. The Balaban J connectivity index is 1.51. The minimum atomic E-state index is -3.89. The fourth-order valence-electron chi connectivity index (χ4n) is 3.43. The molecule has 1 heterocycles. The molecule has 0 saturated heterocycles. The van der Waals surface area contributed by atoms with Gasteiger partial charge in [0.05, 0.1) is 41.8 Å². The molecule has 0 bridgehead atoms. The Morgan fingerprint density at radius 1 is 0.917 bits per heavy atom. The smallest absolute Gasteiger partial charge is 0.338 e. The summed E-state index contributed by atoms with van der Waals surface area (Å²) < 4.78 is 44.1. The maximum Gasteiger partial charge on any atom is 0.338 e. The van der Waals surface area contributed by atoms with Crippen LogP contribution in [0.3, 0.4) is 0 Å². The summed E-state index contributed by atoms with van der Waals surface area (Å²) in [7, 11) is -0.785. The number of fused-ring (bicyclic) bond motifs is 1. The van der Waals surface area contributed by atoms with Crippen LogP contribution in [0.25, 0.3) is 11.0 Å². The Labute approximate surface area is 208 Å². The number of hydrogen-bond donors (Lipinski definition) is 3. The van der Waals surface area contributed by atoms with Crippen molar-refractivity contribution in [3.8, 4) is 11.5 Å². The number of aromatic nitrogens is 2. The molecule has 3 N–H and O–H groups in total. The van der Waals surface area contributed by atoms with Crippen molar-refractivity contribution >= 4 is 44.3 Å². The van der Waals surface area contributed by atoms with E-state index in [9.17, 15) is 13.2 Å². The van der Waals surface area contributed by atoms with E-state index in [0.717, 1.165) is 0 Å². The Kier molecular flexibility index (Phi) is 7.02. The second-order valence-corrected chi connectivity index (χ2v) is 9.78. The van der Waals surface area contributed by atoms with Gasteiger partial charge in [-0.3, -0.25) is 4.72 Å². The number of anilines is 3. The molecular weight excluding hydrogens is 484 g/mol. The zero-order valence-electron chi connectivity index (χ0n) is 20.2. The van der Waals surface area contributed by atoms with Crippen LogP contribution >= 0.6 is 0 Å². The molecule has 0 radical (unpaired) electrons. The third-order valence-electron chi connectivity index (χ3n) is 5.13. The summed E-state index contributed by atoms with van der Waals surface area (Å²) in [4.78, 5) is 19.6. The van der Waals surface area contributed by atoms with Crippen molar-refractivity contribution < 1.29 is 27.4 Å². The summed E-state index contributed by atoms with van der Waals surface area (Å²) in [5, 5.41) is 3.14. The highest BCUT2D eigenvalue weighted by Gasteiger charge is 2.17. The Bertz CT molecular complexity index is 1500. The number of carbonyl (C=O) groups excluding carboxylic acids is 1. The summed E-state index contributed by atoms with van der Waals surface area (Å²) in [6.07, 6.45) is -0.248. The fraction of sp³-hybridized carbons (Fsp3) is 0.200. The predicted octanol–water partition coefficient (Wildman–Crippen LogP) is 4.69. The van der Waals surface area contributed by atoms with Gasteiger partial charge in [-0.25, -0.2) is 18.2 Å². The highest BCUT2D eigenvalue weighted by atomic mass is 32.2. The fourth-order valence-corrected chi connectivity index (χ4v) is 4.51. The van der Waals surface area contributed by atoms with Gasteiger partial charge in [0.2, 0.25) is 5.95 Å². The van der Waals surface area contributed by atoms with E-state index in [1.54, 1.807) is 46.3 Å². The lowest BCUT2D eigenvalue weighted by atomic mass is 10.2. The first-order valence-corrected chi connectivity index (χ1v) is 12.5. The maximum absolute atomic E-state index is 13.0. The zero-order chi connectivity index (χ0) is 25.9. The van der Waals surface area contributed by atoms with Gasteiger partial charge in [0.15, 0.2) is 11.5 Å². The van der Waals surface area contributed by atoms with Crippen molar-refractivity contribution in [3.05, 3.63) is 66.2 Å². The lowest BCUT2D eigenvalue weighted by molar-refractivity contribution is 0.0378. The van der Waals surface area contributed by atoms with Crippen molar-refractivity contribution in [1.29, 1.82) is 0 Å². The molecule has 10 nitrogen and oxygen atoms in total. The van der Waals surface area contributed by atoms with E-state index in [0.29, 0.717) is 45.4 Å². The van der Waals surface area contributed by atoms with Gasteiger partial charge in [-0.05, 0) is 68.4 Å². The minimum absolute atomic E-state index is 0.0439. The first-order valence-electron chi connectivity index (χ1n) is 11.0. The Hall–Kier alpha value is -4.25. The van der Waals surface area contributed by atoms with Crippen LogP contribution in [-0.4, -0.2) is 44.7 Å². The third kappa shape index (κ3) is 5.52. The number of nitrogens with zero attached hydrogens (tertiary/aromatic N) is 1. The lowest BCUT2D eigenvalue weighted by Crippen LogP contribution is -2.14. The molecule has 0 aliphatic carbocycles. The van der Waals surface area contributed by atoms with E-state index in [4.69, 9.17) is 14.2 Å². The van der Waals surface area contributed by atoms with E-state index in [1.807, 2.05) is 6.07 Å².